The maximum Gasteiger partial charge on any atom is 0.412 e. The van der Waals surface area contributed by atoms with Gasteiger partial charge in [0.15, 0.2) is 5.65 Å². The lowest BCUT2D eigenvalue weighted by Gasteiger charge is -2.19. The zero-order valence-corrected chi connectivity index (χ0v) is 27.5. The monoisotopic (exact) mass is 635 g/mol. The molecular formula is C35H37N7O3S. The average molecular weight is 636 g/mol. The number of carbonyl (C=O) groups excluding carboxylic acids is 2. The molecule has 236 valence electrons. The van der Waals surface area contributed by atoms with E-state index >= 15 is 0 Å². The van der Waals surface area contributed by atoms with Crippen molar-refractivity contribution in [3.8, 4) is 0 Å². The summed E-state index contributed by atoms with van der Waals surface area (Å²) in [6.07, 6.45) is 4.41. The third kappa shape index (κ3) is 8.36. The molecule has 46 heavy (non-hydrogen) atoms. The Hall–Kier alpha value is -5.03. The van der Waals surface area contributed by atoms with Gasteiger partial charge in [0.05, 0.1) is 17.1 Å². The molecule has 0 aliphatic rings. The van der Waals surface area contributed by atoms with Gasteiger partial charge in [-0.3, -0.25) is 15.1 Å². The number of fused-ring (bicyclic) bond motifs is 1. The van der Waals surface area contributed by atoms with Crippen LogP contribution < -0.4 is 16.0 Å². The Morgan fingerprint density at radius 1 is 0.935 bits per heavy atom. The van der Waals surface area contributed by atoms with Crippen LogP contribution in [0.5, 0.6) is 0 Å². The van der Waals surface area contributed by atoms with E-state index in [0.29, 0.717) is 28.4 Å². The number of hydrogen-bond acceptors (Lipinski definition) is 9. The number of nitrogens with one attached hydrogen (secondary N) is 3. The number of pyridine rings is 2. The highest BCUT2D eigenvalue weighted by atomic mass is 32.2. The number of ether oxygens (including phenoxy) is 1. The third-order valence-electron chi connectivity index (χ3n) is 6.86. The summed E-state index contributed by atoms with van der Waals surface area (Å²) in [5, 5.41) is 10.0. The van der Waals surface area contributed by atoms with E-state index in [2.05, 4.69) is 44.7 Å². The third-order valence-corrected chi connectivity index (χ3v) is 7.95. The van der Waals surface area contributed by atoms with Gasteiger partial charge in [-0.15, -0.1) is 0 Å². The lowest BCUT2D eigenvalue weighted by molar-refractivity contribution is 0.0635. The summed E-state index contributed by atoms with van der Waals surface area (Å²) >= 11 is 1.51. The van der Waals surface area contributed by atoms with Gasteiger partial charge in [0.2, 0.25) is 0 Å². The molecule has 0 aliphatic heterocycles. The van der Waals surface area contributed by atoms with Gasteiger partial charge >= 0.3 is 6.09 Å². The van der Waals surface area contributed by atoms with Crippen molar-refractivity contribution in [2.45, 2.75) is 68.9 Å². The zero-order chi connectivity index (χ0) is 32.8. The maximum absolute atomic E-state index is 13.4. The van der Waals surface area contributed by atoms with Gasteiger partial charge in [-0.2, -0.15) is 0 Å². The van der Waals surface area contributed by atoms with Gasteiger partial charge in [-0.1, -0.05) is 31.7 Å². The molecule has 0 radical (unpaired) electrons. The fourth-order valence-electron chi connectivity index (χ4n) is 4.51. The van der Waals surface area contributed by atoms with E-state index in [0.717, 1.165) is 26.4 Å². The summed E-state index contributed by atoms with van der Waals surface area (Å²) in [6, 6.07) is 20.5. The van der Waals surface area contributed by atoms with Crippen LogP contribution in [-0.4, -0.2) is 37.5 Å². The van der Waals surface area contributed by atoms with Crippen molar-refractivity contribution < 1.29 is 14.3 Å². The normalized spacial score (nSPS) is 12.1. The summed E-state index contributed by atoms with van der Waals surface area (Å²) in [5.74, 6) is 0.617. The van der Waals surface area contributed by atoms with E-state index in [1.807, 2.05) is 88.4 Å². The van der Waals surface area contributed by atoms with E-state index < -0.39 is 11.7 Å². The summed E-state index contributed by atoms with van der Waals surface area (Å²) in [7, 11) is 0. The Bertz CT molecular complexity index is 1840. The van der Waals surface area contributed by atoms with Crippen molar-refractivity contribution >= 4 is 52.0 Å². The first-order valence-corrected chi connectivity index (χ1v) is 15.8. The van der Waals surface area contributed by atoms with Crippen LogP contribution in [0.15, 0.2) is 95.2 Å². The SMILES string of the molecule is CC(C)c1ccc2c(Nc3cc(C(=O)NC(C)c4cccnc4)ccc3Sc3ccc(NC(=O)OC(C)(C)C)cc3)ncnc2n1. The van der Waals surface area contributed by atoms with Crippen molar-refractivity contribution in [1.82, 2.24) is 25.3 Å². The molecule has 0 bridgehead atoms. The lowest BCUT2D eigenvalue weighted by atomic mass is 10.1. The quantitative estimate of drug-likeness (QED) is 0.146. The first-order valence-electron chi connectivity index (χ1n) is 15.0. The molecule has 10 nitrogen and oxygen atoms in total. The molecule has 1 unspecified atom stereocenters. The molecule has 5 rings (SSSR count). The minimum Gasteiger partial charge on any atom is -0.444 e. The molecule has 0 spiro atoms. The molecule has 2 aromatic carbocycles. The fourth-order valence-corrected chi connectivity index (χ4v) is 5.40. The summed E-state index contributed by atoms with van der Waals surface area (Å²) in [6.45, 7) is 11.5. The minimum absolute atomic E-state index is 0.218. The van der Waals surface area contributed by atoms with E-state index in [1.165, 1.54) is 18.1 Å². The average Bonchev–Trinajstić information content (AvgIpc) is 3.02. The number of anilines is 3. The molecule has 2 amide bonds. The number of nitrogens with zero attached hydrogens (tertiary/aromatic N) is 4. The van der Waals surface area contributed by atoms with Crippen LogP contribution in [0.2, 0.25) is 0 Å². The Labute approximate surface area is 272 Å². The number of hydrogen-bond donors (Lipinski definition) is 3. The second-order valence-electron chi connectivity index (χ2n) is 12.1. The summed E-state index contributed by atoms with van der Waals surface area (Å²) in [5.41, 5.74) is 3.64. The topological polar surface area (TPSA) is 131 Å². The summed E-state index contributed by atoms with van der Waals surface area (Å²) in [4.78, 5) is 45.2. The second kappa shape index (κ2) is 13.9. The number of benzene rings is 2. The fraction of sp³-hybridized carbons (Fsp3) is 0.257. The minimum atomic E-state index is -0.592. The van der Waals surface area contributed by atoms with Crippen LogP contribution in [-0.2, 0) is 4.74 Å². The highest BCUT2D eigenvalue weighted by Gasteiger charge is 2.18. The van der Waals surface area contributed by atoms with Crippen molar-refractivity contribution in [3.63, 3.8) is 0 Å². The molecular weight excluding hydrogens is 598 g/mol. The Morgan fingerprint density at radius 3 is 2.41 bits per heavy atom. The van der Waals surface area contributed by atoms with E-state index in [1.54, 1.807) is 18.5 Å². The molecule has 5 aromatic rings. The Morgan fingerprint density at radius 2 is 1.72 bits per heavy atom. The van der Waals surface area contributed by atoms with Gasteiger partial charge in [-0.05, 0) is 99.8 Å². The molecule has 3 heterocycles. The zero-order valence-electron chi connectivity index (χ0n) is 26.7. The largest absolute Gasteiger partial charge is 0.444 e. The van der Waals surface area contributed by atoms with Crippen LogP contribution in [0.4, 0.5) is 22.0 Å². The number of aromatic nitrogens is 4. The molecule has 3 aromatic heterocycles. The number of amides is 2. The van der Waals surface area contributed by atoms with Gasteiger partial charge < -0.3 is 15.4 Å². The van der Waals surface area contributed by atoms with Crippen molar-refractivity contribution in [2.24, 2.45) is 0 Å². The van der Waals surface area contributed by atoms with E-state index in [9.17, 15) is 9.59 Å². The lowest BCUT2D eigenvalue weighted by Crippen LogP contribution is -2.27. The smallest absolute Gasteiger partial charge is 0.412 e. The first kappa shape index (κ1) is 32.4. The van der Waals surface area contributed by atoms with Crippen LogP contribution in [0.3, 0.4) is 0 Å². The Kier molecular flexibility index (Phi) is 9.81. The molecule has 0 saturated heterocycles. The van der Waals surface area contributed by atoms with Crippen LogP contribution in [0.1, 0.15) is 75.1 Å². The molecule has 1 atom stereocenters. The van der Waals surface area contributed by atoms with E-state index in [4.69, 9.17) is 9.72 Å². The summed E-state index contributed by atoms with van der Waals surface area (Å²) < 4.78 is 5.35. The predicted molar refractivity (Wildman–Crippen MR) is 182 cm³/mol. The molecule has 0 aliphatic carbocycles. The second-order valence-corrected chi connectivity index (χ2v) is 13.2. The van der Waals surface area contributed by atoms with Crippen LogP contribution in [0.25, 0.3) is 11.0 Å². The van der Waals surface area contributed by atoms with Gasteiger partial charge in [0.1, 0.15) is 17.7 Å². The van der Waals surface area contributed by atoms with Gasteiger partial charge in [-0.25, -0.2) is 19.7 Å². The molecule has 11 heteroatoms. The predicted octanol–water partition coefficient (Wildman–Crippen LogP) is 8.28. The van der Waals surface area contributed by atoms with Crippen molar-refractivity contribution in [1.29, 1.82) is 0 Å². The van der Waals surface area contributed by atoms with E-state index in [-0.39, 0.29) is 17.9 Å². The van der Waals surface area contributed by atoms with Crippen molar-refractivity contribution in [3.05, 3.63) is 102 Å². The standard InChI is InChI=1S/C35H37N7O3S/c1-21(2)28-15-14-27-31(41-28)37-20-38-32(27)42-29-18-23(33(43)39-22(3)24-8-7-17-36-19-24)9-16-30(29)46-26-12-10-25(11-13-26)40-34(44)45-35(4,5)6/h7-22H,1-6H3,(H,39,43)(H,40,44)(H,37,38,41,42). The Balaban J connectivity index is 1.43. The highest BCUT2D eigenvalue weighted by molar-refractivity contribution is 7.99. The molecule has 0 saturated carbocycles. The van der Waals surface area contributed by atoms with Gasteiger partial charge in [0, 0.05) is 39.1 Å². The highest BCUT2D eigenvalue weighted by Crippen LogP contribution is 2.37. The number of rotatable bonds is 9. The molecule has 3 N–H and O–H groups in total. The maximum atomic E-state index is 13.4. The van der Waals surface area contributed by atoms with Crippen LogP contribution >= 0.6 is 11.8 Å². The van der Waals surface area contributed by atoms with Crippen LogP contribution in [0, 0.1) is 0 Å². The van der Waals surface area contributed by atoms with Gasteiger partial charge in [0.25, 0.3) is 5.91 Å². The number of carbonyl (C=O) groups is 2. The van der Waals surface area contributed by atoms with Crippen molar-refractivity contribution in [2.75, 3.05) is 10.6 Å². The first-order chi connectivity index (χ1) is 21.9. The molecule has 0 fully saturated rings.